The number of rotatable bonds is 4. The van der Waals surface area contributed by atoms with Crippen molar-refractivity contribution >= 4 is 21.6 Å². The molecule has 2 rings (SSSR count). The molecule has 0 fully saturated rings. The van der Waals surface area contributed by atoms with Crippen LogP contribution in [0.1, 0.15) is 42.8 Å². The molecule has 0 amide bonds. The van der Waals surface area contributed by atoms with Crippen molar-refractivity contribution in [3.8, 4) is 0 Å². The van der Waals surface area contributed by atoms with Crippen LogP contribution in [0.4, 0.5) is 0 Å². The molecular formula is C13H18N2S. The lowest BCUT2D eigenvalue weighted by Crippen LogP contribution is -2.09. The summed E-state index contributed by atoms with van der Waals surface area (Å²) in [7, 11) is 0. The van der Waals surface area contributed by atoms with Crippen LogP contribution in [0.3, 0.4) is 0 Å². The van der Waals surface area contributed by atoms with Gasteiger partial charge in [0.15, 0.2) is 0 Å². The van der Waals surface area contributed by atoms with E-state index in [0.717, 1.165) is 16.9 Å². The predicted molar refractivity (Wildman–Crippen MR) is 70.8 cm³/mol. The molecule has 0 aliphatic heterocycles. The fourth-order valence-electron chi connectivity index (χ4n) is 1.76. The van der Waals surface area contributed by atoms with E-state index in [9.17, 15) is 0 Å². The molecule has 1 aromatic heterocycles. The lowest BCUT2D eigenvalue weighted by molar-refractivity contribution is 0.601. The Hall–Kier alpha value is -0.930. The summed E-state index contributed by atoms with van der Waals surface area (Å²) in [5.74, 6) is 0. The Morgan fingerprint density at radius 3 is 3.00 bits per heavy atom. The molecule has 0 radical (unpaired) electrons. The van der Waals surface area contributed by atoms with Gasteiger partial charge in [0.2, 0.25) is 0 Å². The topological polar surface area (TPSA) is 38.9 Å². The molecule has 0 saturated heterocycles. The maximum atomic E-state index is 6.13. The van der Waals surface area contributed by atoms with Crippen molar-refractivity contribution in [2.45, 2.75) is 39.2 Å². The zero-order valence-corrected chi connectivity index (χ0v) is 10.7. The van der Waals surface area contributed by atoms with Gasteiger partial charge in [-0.3, -0.25) is 0 Å². The summed E-state index contributed by atoms with van der Waals surface area (Å²) >= 11 is 1.73. The number of hydrogen-bond acceptors (Lipinski definition) is 3. The number of fused-ring (bicyclic) bond motifs is 1. The van der Waals surface area contributed by atoms with Gasteiger partial charge in [0.1, 0.15) is 5.01 Å². The van der Waals surface area contributed by atoms with Crippen molar-refractivity contribution in [1.29, 1.82) is 0 Å². The smallest absolute Gasteiger partial charge is 0.111 e. The molecule has 86 valence electrons. The van der Waals surface area contributed by atoms with Gasteiger partial charge in [0.05, 0.1) is 16.3 Å². The number of nitrogens with two attached hydrogens (primary N) is 1. The van der Waals surface area contributed by atoms with Gasteiger partial charge in [-0.05, 0) is 31.0 Å². The molecule has 0 aliphatic carbocycles. The van der Waals surface area contributed by atoms with Crippen molar-refractivity contribution in [2.24, 2.45) is 5.73 Å². The van der Waals surface area contributed by atoms with Crippen molar-refractivity contribution in [3.63, 3.8) is 0 Å². The van der Waals surface area contributed by atoms with Gasteiger partial charge in [-0.15, -0.1) is 11.3 Å². The van der Waals surface area contributed by atoms with E-state index in [2.05, 4.69) is 37.0 Å². The highest BCUT2D eigenvalue weighted by Gasteiger charge is 2.11. The number of unbranched alkanes of at least 4 members (excludes halogenated alkanes) is 1. The van der Waals surface area contributed by atoms with E-state index in [-0.39, 0.29) is 6.04 Å². The summed E-state index contributed by atoms with van der Waals surface area (Å²) in [6.07, 6.45) is 3.41. The predicted octanol–water partition coefficient (Wildman–Crippen LogP) is 3.79. The van der Waals surface area contributed by atoms with Crippen LogP contribution in [0.2, 0.25) is 0 Å². The fraction of sp³-hybridized carbons (Fsp3) is 0.462. The Bertz CT molecular complexity index is 476. The third-order valence-corrected chi connectivity index (χ3v) is 3.91. The zero-order valence-electron chi connectivity index (χ0n) is 9.86. The summed E-state index contributed by atoms with van der Waals surface area (Å²) in [6.45, 7) is 4.28. The van der Waals surface area contributed by atoms with E-state index >= 15 is 0 Å². The highest BCUT2D eigenvalue weighted by atomic mass is 32.1. The van der Waals surface area contributed by atoms with Gasteiger partial charge in [-0.25, -0.2) is 4.98 Å². The number of thiazole rings is 1. The van der Waals surface area contributed by atoms with Crippen molar-refractivity contribution < 1.29 is 0 Å². The largest absolute Gasteiger partial charge is 0.322 e. The summed E-state index contributed by atoms with van der Waals surface area (Å²) < 4.78 is 1.24. The molecule has 1 heterocycles. The van der Waals surface area contributed by atoms with Gasteiger partial charge < -0.3 is 5.73 Å². The third kappa shape index (κ3) is 2.42. The van der Waals surface area contributed by atoms with Crippen LogP contribution in [0.25, 0.3) is 10.2 Å². The first-order chi connectivity index (χ1) is 7.70. The van der Waals surface area contributed by atoms with Crippen LogP contribution in [0, 0.1) is 6.92 Å². The third-order valence-electron chi connectivity index (χ3n) is 2.75. The standard InChI is InChI=1S/C13H18N2S/c1-3-4-5-10(14)13-15-11-8-9(2)6-7-12(11)16-13/h6-8,10H,3-5,14H2,1-2H3. The molecule has 2 N–H and O–H groups in total. The summed E-state index contributed by atoms with van der Waals surface area (Å²) in [5.41, 5.74) is 8.48. The second-order valence-electron chi connectivity index (χ2n) is 4.27. The molecule has 1 aromatic carbocycles. The van der Waals surface area contributed by atoms with Crippen molar-refractivity contribution in [1.82, 2.24) is 4.98 Å². The van der Waals surface area contributed by atoms with E-state index in [1.54, 1.807) is 11.3 Å². The van der Waals surface area contributed by atoms with E-state index in [0.29, 0.717) is 0 Å². The molecule has 3 heteroatoms. The first kappa shape index (κ1) is 11.6. The fourth-order valence-corrected chi connectivity index (χ4v) is 2.75. The number of nitrogens with zero attached hydrogens (tertiary/aromatic N) is 1. The van der Waals surface area contributed by atoms with Crippen LogP contribution in [-0.4, -0.2) is 4.98 Å². The Morgan fingerprint density at radius 1 is 1.44 bits per heavy atom. The molecule has 2 nitrogen and oxygen atoms in total. The SMILES string of the molecule is CCCCC(N)c1nc2cc(C)ccc2s1. The molecular weight excluding hydrogens is 216 g/mol. The lowest BCUT2D eigenvalue weighted by atomic mass is 10.1. The number of benzene rings is 1. The number of aryl methyl sites for hydroxylation is 1. The zero-order chi connectivity index (χ0) is 11.5. The van der Waals surface area contributed by atoms with Crippen LogP contribution in [0.5, 0.6) is 0 Å². The quantitative estimate of drug-likeness (QED) is 0.874. The van der Waals surface area contributed by atoms with Crippen LogP contribution in [0.15, 0.2) is 18.2 Å². The van der Waals surface area contributed by atoms with Crippen molar-refractivity contribution in [2.75, 3.05) is 0 Å². The first-order valence-electron chi connectivity index (χ1n) is 5.83. The van der Waals surface area contributed by atoms with Gasteiger partial charge >= 0.3 is 0 Å². The summed E-state index contributed by atoms with van der Waals surface area (Å²) in [6, 6.07) is 6.50. The van der Waals surface area contributed by atoms with E-state index < -0.39 is 0 Å². The molecule has 1 unspecified atom stereocenters. The minimum atomic E-state index is 0.109. The Kier molecular flexibility index (Phi) is 3.56. The Morgan fingerprint density at radius 2 is 2.25 bits per heavy atom. The second kappa shape index (κ2) is 4.93. The minimum absolute atomic E-state index is 0.109. The van der Waals surface area contributed by atoms with E-state index in [1.807, 2.05) is 0 Å². The number of hydrogen-bond donors (Lipinski definition) is 1. The Labute approximate surface area is 101 Å². The maximum absolute atomic E-state index is 6.13. The van der Waals surface area contributed by atoms with Crippen LogP contribution < -0.4 is 5.73 Å². The lowest BCUT2D eigenvalue weighted by Gasteiger charge is -2.05. The average molecular weight is 234 g/mol. The second-order valence-corrected chi connectivity index (χ2v) is 5.33. The molecule has 16 heavy (non-hydrogen) atoms. The molecule has 0 spiro atoms. The van der Waals surface area contributed by atoms with Gasteiger partial charge in [-0.1, -0.05) is 25.8 Å². The molecule has 0 bridgehead atoms. The first-order valence-corrected chi connectivity index (χ1v) is 6.65. The van der Waals surface area contributed by atoms with E-state index in [1.165, 1.54) is 23.1 Å². The van der Waals surface area contributed by atoms with E-state index in [4.69, 9.17) is 5.73 Å². The minimum Gasteiger partial charge on any atom is -0.322 e. The average Bonchev–Trinajstić information content (AvgIpc) is 2.68. The summed E-state index contributed by atoms with van der Waals surface area (Å²) in [5, 5.41) is 1.08. The number of aromatic nitrogens is 1. The van der Waals surface area contributed by atoms with Gasteiger partial charge in [-0.2, -0.15) is 0 Å². The highest BCUT2D eigenvalue weighted by Crippen LogP contribution is 2.28. The molecule has 0 saturated carbocycles. The summed E-state index contributed by atoms with van der Waals surface area (Å²) in [4.78, 5) is 4.62. The Balaban J connectivity index is 2.25. The van der Waals surface area contributed by atoms with Crippen molar-refractivity contribution in [3.05, 3.63) is 28.8 Å². The maximum Gasteiger partial charge on any atom is 0.111 e. The monoisotopic (exact) mass is 234 g/mol. The highest BCUT2D eigenvalue weighted by molar-refractivity contribution is 7.18. The van der Waals surface area contributed by atoms with Crippen LogP contribution in [-0.2, 0) is 0 Å². The molecule has 1 atom stereocenters. The molecule has 0 aliphatic rings. The molecule has 2 aromatic rings. The normalized spacial score (nSPS) is 13.2. The van der Waals surface area contributed by atoms with Gasteiger partial charge in [0.25, 0.3) is 0 Å². The van der Waals surface area contributed by atoms with Gasteiger partial charge in [0, 0.05) is 0 Å². The van der Waals surface area contributed by atoms with Crippen LogP contribution >= 0.6 is 11.3 Å².